The highest BCUT2D eigenvalue weighted by Crippen LogP contribution is 2.31. The largest absolute Gasteiger partial charge is 0.480 e. The summed E-state index contributed by atoms with van der Waals surface area (Å²) in [6.45, 7) is 0.0959. The lowest BCUT2D eigenvalue weighted by molar-refractivity contribution is -0.140. The lowest BCUT2D eigenvalue weighted by atomic mass is 10.2. The first-order valence-corrected chi connectivity index (χ1v) is 10.5. The van der Waals surface area contributed by atoms with Gasteiger partial charge >= 0.3 is 18.2 Å². The number of amides is 2. The summed E-state index contributed by atoms with van der Waals surface area (Å²) >= 11 is 0. The summed E-state index contributed by atoms with van der Waals surface area (Å²) in [7, 11) is -4.03. The number of carboxylic acids is 1. The van der Waals surface area contributed by atoms with Crippen LogP contribution in [-0.4, -0.2) is 42.4 Å². The van der Waals surface area contributed by atoms with Crippen molar-refractivity contribution in [2.24, 2.45) is 0 Å². The van der Waals surface area contributed by atoms with Crippen molar-refractivity contribution in [3.8, 4) is 0 Å². The average molecular weight is 457 g/mol. The molecule has 0 aliphatic carbocycles. The summed E-state index contributed by atoms with van der Waals surface area (Å²) in [5.41, 5.74) is -0.790. The van der Waals surface area contributed by atoms with Gasteiger partial charge in [-0.3, -0.25) is 4.79 Å². The fraction of sp³-hybridized carbons (Fsp3) is 0.263. The highest BCUT2D eigenvalue weighted by molar-refractivity contribution is 7.89. The number of benzene rings is 2. The lowest BCUT2D eigenvalue weighted by Crippen LogP contribution is -2.40. The molecule has 2 aromatic carbocycles. The van der Waals surface area contributed by atoms with Gasteiger partial charge < -0.3 is 15.7 Å². The van der Waals surface area contributed by atoms with Crippen LogP contribution in [0.1, 0.15) is 18.4 Å². The Balaban J connectivity index is 1.68. The minimum atomic E-state index is -4.55. The van der Waals surface area contributed by atoms with Gasteiger partial charge in [-0.2, -0.15) is 17.5 Å². The van der Waals surface area contributed by atoms with E-state index in [-0.39, 0.29) is 29.2 Å². The van der Waals surface area contributed by atoms with Crippen LogP contribution in [0, 0.1) is 0 Å². The SMILES string of the molecule is O=C(Nc1ccc(S(=O)(=O)N2CCC[C@H]2C(=O)O)cc1)Nc1cccc(C(F)(F)F)c1. The molecule has 1 atom stereocenters. The summed E-state index contributed by atoms with van der Waals surface area (Å²) in [5.74, 6) is -1.22. The van der Waals surface area contributed by atoms with Crippen LogP contribution in [0.4, 0.5) is 29.3 Å². The molecule has 3 N–H and O–H groups in total. The number of anilines is 2. The summed E-state index contributed by atoms with van der Waals surface area (Å²) in [6.07, 6.45) is -3.89. The third kappa shape index (κ3) is 5.14. The van der Waals surface area contributed by atoms with Crippen molar-refractivity contribution < 1.29 is 36.3 Å². The number of carbonyl (C=O) groups is 2. The molecule has 0 unspecified atom stereocenters. The van der Waals surface area contributed by atoms with E-state index in [1.54, 1.807) is 0 Å². The van der Waals surface area contributed by atoms with E-state index in [2.05, 4.69) is 10.6 Å². The van der Waals surface area contributed by atoms with Crippen molar-refractivity contribution in [2.45, 2.75) is 30.0 Å². The predicted molar refractivity (Wildman–Crippen MR) is 105 cm³/mol. The number of sulfonamides is 1. The first-order chi connectivity index (χ1) is 14.5. The van der Waals surface area contributed by atoms with Gasteiger partial charge in [-0.25, -0.2) is 13.2 Å². The number of carboxylic acid groups (broad SMARTS) is 1. The van der Waals surface area contributed by atoms with E-state index in [0.29, 0.717) is 6.42 Å². The Hall–Kier alpha value is -3.12. The van der Waals surface area contributed by atoms with Crippen LogP contribution in [0.25, 0.3) is 0 Å². The predicted octanol–water partition coefficient (Wildman–Crippen LogP) is 3.59. The van der Waals surface area contributed by atoms with Crippen LogP contribution < -0.4 is 10.6 Å². The van der Waals surface area contributed by atoms with E-state index in [0.717, 1.165) is 22.5 Å². The zero-order valence-electron chi connectivity index (χ0n) is 15.9. The van der Waals surface area contributed by atoms with Crippen molar-refractivity contribution in [1.29, 1.82) is 0 Å². The molecule has 0 saturated carbocycles. The number of rotatable bonds is 5. The number of hydrogen-bond acceptors (Lipinski definition) is 4. The quantitative estimate of drug-likeness (QED) is 0.635. The minimum Gasteiger partial charge on any atom is -0.480 e. The molecule has 12 heteroatoms. The zero-order chi connectivity index (χ0) is 22.8. The number of alkyl halides is 3. The third-order valence-corrected chi connectivity index (χ3v) is 6.58. The Labute approximate surface area is 175 Å². The molecule has 2 aromatic rings. The second-order valence-corrected chi connectivity index (χ2v) is 8.68. The number of hydrogen-bond donors (Lipinski definition) is 3. The molecule has 31 heavy (non-hydrogen) atoms. The van der Waals surface area contributed by atoms with Crippen molar-refractivity contribution in [2.75, 3.05) is 17.2 Å². The highest BCUT2D eigenvalue weighted by atomic mass is 32.2. The van der Waals surface area contributed by atoms with E-state index >= 15 is 0 Å². The van der Waals surface area contributed by atoms with Gasteiger partial charge in [0, 0.05) is 17.9 Å². The van der Waals surface area contributed by atoms with E-state index < -0.39 is 39.8 Å². The minimum absolute atomic E-state index is 0.0692. The van der Waals surface area contributed by atoms with Crippen LogP contribution in [0.2, 0.25) is 0 Å². The van der Waals surface area contributed by atoms with Gasteiger partial charge in [0.05, 0.1) is 10.5 Å². The second kappa shape index (κ2) is 8.55. The number of nitrogens with one attached hydrogen (secondary N) is 2. The first-order valence-electron chi connectivity index (χ1n) is 9.08. The first kappa shape index (κ1) is 22.6. The molecular formula is C19H18F3N3O5S. The second-order valence-electron chi connectivity index (χ2n) is 6.79. The van der Waals surface area contributed by atoms with Crippen LogP contribution >= 0.6 is 0 Å². The van der Waals surface area contributed by atoms with Gasteiger partial charge in [0.1, 0.15) is 6.04 Å². The normalized spacial score (nSPS) is 17.3. The van der Waals surface area contributed by atoms with Gasteiger partial charge in [-0.1, -0.05) is 6.07 Å². The van der Waals surface area contributed by atoms with Crippen molar-refractivity contribution in [1.82, 2.24) is 4.31 Å². The molecule has 1 aliphatic rings. The maximum Gasteiger partial charge on any atom is 0.416 e. The van der Waals surface area contributed by atoms with Crippen LogP contribution in [0.5, 0.6) is 0 Å². The number of carbonyl (C=O) groups excluding carboxylic acids is 1. The van der Waals surface area contributed by atoms with Gasteiger partial charge in [-0.05, 0) is 55.3 Å². The van der Waals surface area contributed by atoms with Crippen LogP contribution in [-0.2, 0) is 21.0 Å². The van der Waals surface area contributed by atoms with Crippen LogP contribution in [0.15, 0.2) is 53.4 Å². The third-order valence-electron chi connectivity index (χ3n) is 4.66. The Morgan fingerprint density at radius 2 is 1.68 bits per heavy atom. The number of urea groups is 1. The molecule has 2 amide bonds. The van der Waals surface area contributed by atoms with E-state index in [1.165, 1.54) is 30.3 Å². The van der Waals surface area contributed by atoms with Gasteiger partial charge in [0.15, 0.2) is 0 Å². The smallest absolute Gasteiger partial charge is 0.416 e. The molecule has 0 spiro atoms. The average Bonchev–Trinajstić information content (AvgIpc) is 3.19. The molecule has 0 radical (unpaired) electrons. The molecule has 1 saturated heterocycles. The van der Waals surface area contributed by atoms with E-state index in [9.17, 15) is 36.3 Å². The summed E-state index contributed by atoms with van der Waals surface area (Å²) in [5, 5.41) is 13.9. The summed E-state index contributed by atoms with van der Waals surface area (Å²) < 4.78 is 64.6. The monoisotopic (exact) mass is 457 g/mol. The molecule has 0 aromatic heterocycles. The topological polar surface area (TPSA) is 116 Å². The van der Waals surface area contributed by atoms with E-state index in [4.69, 9.17) is 0 Å². The molecule has 1 fully saturated rings. The molecule has 8 nitrogen and oxygen atoms in total. The Morgan fingerprint density at radius 1 is 1.03 bits per heavy atom. The maximum absolute atomic E-state index is 12.8. The molecule has 166 valence electrons. The molecule has 1 aliphatic heterocycles. The van der Waals surface area contributed by atoms with Crippen molar-refractivity contribution in [3.05, 3.63) is 54.1 Å². The number of nitrogens with zero attached hydrogens (tertiary/aromatic N) is 1. The molecule has 3 rings (SSSR count). The molecular weight excluding hydrogens is 439 g/mol. The van der Waals surface area contributed by atoms with Gasteiger partial charge in [0.25, 0.3) is 0 Å². The Morgan fingerprint density at radius 3 is 2.29 bits per heavy atom. The fourth-order valence-corrected chi connectivity index (χ4v) is 4.84. The van der Waals surface area contributed by atoms with Crippen molar-refractivity contribution in [3.63, 3.8) is 0 Å². The van der Waals surface area contributed by atoms with Crippen LogP contribution in [0.3, 0.4) is 0 Å². The lowest BCUT2D eigenvalue weighted by Gasteiger charge is -2.21. The van der Waals surface area contributed by atoms with Gasteiger partial charge in [-0.15, -0.1) is 0 Å². The van der Waals surface area contributed by atoms with Gasteiger partial charge in [0.2, 0.25) is 10.0 Å². The molecule has 1 heterocycles. The number of aliphatic carboxylic acids is 1. The van der Waals surface area contributed by atoms with E-state index in [1.807, 2.05) is 0 Å². The number of halogens is 3. The van der Waals surface area contributed by atoms with Crippen molar-refractivity contribution >= 4 is 33.4 Å². The fourth-order valence-electron chi connectivity index (χ4n) is 3.19. The summed E-state index contributed by atoms with van der Waals surface area (Å²) in [6, 6.07) is 7.18. The Bertz CT molecular complexity index is 1090. The zero-order valence-corrected chi connectivity index (χ0v) is 16.7. The summed E-state index contributed by atoms with van der Waals surface area (Å²) in [4.78, 5) is 23.2. The maximum atomic E-state index is 12.8. The molecule has 0 bridgehead atoms. The highest BCUT2D eigenvalue weighted by Gasteiger charge is 2.39. The standard InChI is InChI=1S/C19H18F3N3O5S/c20-19(21,22)12-3-1-4-14(11-12)24-18(28)23-13-6-8-15(9-7-13)31(29,30)25-10-2-5-16(25)17(26)27/h1,3-4,6-9,11,16H,2,5,10H2,(H,26,27)(H2,23,24,28)/t16-/m0/s1. The Kier molecular flexibility index (Phi) is 6.23.